The molecule has 2 N–H and O–H groups in total. The molecule has 1 unspecified atom stereocenters. The SMILES string of the molecule is NP(=O)(Cc1c(F)cccc1F)c1ccccc1. The van der Waals surface area contributed by atoms with Gasteiger partial charge in [0.2, 0.25) is 0 Å². The molecule has 0 aromatic heterocycles. The molecule has 0 heterocycles. The van der Waals surface area contributed by atoms with E-state index in [-0.39, 0.29) is 11.7 Å². The van der Waals surface area contributed by atoms with Gasteiger partial charge in [0.05, 0.1) is 0 Å². The van der Waals surface area contributed by atoms with E-state index in [1.54, 1.807) is 30.3 Å². The smallest absolute Gasteiger partial charge is 0.178 e. The minimum Gasteiger partial charge on any atom is -0.302 e. The summed E-state index contributed by atoms with van der Waals surface area (Å²) < 4.78 is 39.3. The van der Waals surface area contributed by atoms with Crippen LogP contribution in [0.15, 0.2) is 48.5 Å². The monoisotopic (exact) mass is 267 g/mol. The topological polar surface area (TPSA) is 43.1 Å². The molecule has 94 valence electrons. The number of halogens is 2. The lowest BCUT2D eigenvalue weighted by Crippen LogP contribution is -2.14. The van der Waals surface area contributed by atoms with Crippen molar-refractivity contribution in [2.45, 2.75) is 6.16 Å². The Morgan fingerprint density at radius 2 is 1.50 bits per heavy atom. The van der Waals surface area contributed by atoms with Crippen LogP contribution in [0, 0.1) is 11.6 Å². The quantitative estimate of drug-likeness (QED) is 0.868. The third-order valence-electron chi connectivity index (χ3n) is 2.65. The maximum Gasteiger partial charge on any atom is 0.178 e. The summed E-state index contributed by atoms with van der Waals surface area (Å²) >= 11 is 0. The predicted octanol–water partition coefficient (Wildman–Crippen LogP) is 3.03. The number of nitrogens with two attached hydrogens (primary N) is 1. The highest BCUT2D eigenvalue weighted by Crippen LogP contribution is 2.40. The van der Waals surface area contributed by atoms with E-state index in [0.29, 0.717) is 5.30 Å². The first kappa shape index (κ1) is 12.9. The first-order valence-electron chi connectivity index (χ1n) is 5.37. The van der Waals surface area contributed by atoms with Crippen molar-refractivity contribution >= 4 is 12.6 Å². The van der Waals surface area contributed by atoms with Crippen LogP contribution in [-0.2, 0) is 10.7 Å². The van der Waals surface area contributed by atoms with Gasteiger partial charge in [-0.05, 0) is 12.1 Å². The molecule has 0 saturated heterocycles. The molecular weight excluding hydrogens is 255 g/mol. The molecule has 2 aromatic carbocycles. The first-order chi connectivity index (χ1) is 8.50. The lowest BCUT2D eigenvalue weighted by Gasteiger charge is -2.14. The molecular formula is C13H12F2NOP. The third kappa shape index (κ3) is 2.66. The fourth-order valence-corrected chi connectivity index (χ4v) is 3.32. The summed E-state index contributed by atoms with van der Waals surface area (Å²) in [6.07, 6.45) is -0.324. The molecule has 2 rings (SSSR count). The Labute approximate surface area is 104 Å². The fraction of sp³-hybridized carbons (Fsp3) is 0.0769. The van der Waals surface area contributed by atoms with Gasteiger partial charge in [-0.1, -0.05) is 36.4 Å². The minimum absolute atomic E-state index is 0.229. The second kappa shape index (κ2) is 5.01. The second-order valence-electron chi connectivity index (χ2n) is 3.99. The van der Waals surface area contributed by atoms with Crippen molar-refractivity contribution in [3.63, 3.8) is 0 Å². The summed E-state index contributed by atoms with van der Waals surface area (Å²) in [5, 5.41) is 0.410. The summed E-state index contributed by atoms with van der Waals surface area (Å²) in [6, 6.07) is 11.8. The molecule has 1 atom stereocenters. The predicted molar refractivity (Wildman–Crippen MR) is 67.9 cm³/mol. The van der Waals surface area contributed by atoms with Crippen LogP contribution in [0.3, 0.4) is 0 Å². The van der Waals surface area contributed by atoms with Crippen molar-refractivity contribution in [3.8, 4) is 0 Å². The van der Waals surface area contributed by atoms with E-state index in [1.807, 2.05) is 0 Å². The van der Waals surface area contributed by atoms with Gasteiger partial charge in [0.15, 0.2) is 7.29 Å². The van der Waals surface area contributed by atoms with Crippen LogP contribution in [0.5, 0.6) is 0 Å². The molecule has 2 aromatic rings. The van der Waals surface area contributed by atoms with E-state index in [9.17, 15) is 13.3 Å². The first-order valence-corrected chi connectivity index (χ1v) is 7.33. The maximum absolute atomic E-state index is 13.5. The Hall–Kier alpha value is -1.51. The highest BCUT2D eigenvalue weighted by atomic mass is 31.2. The van der Waals surface area contributed by atoms with Crippen LogP contribution in [0.2, 0.25) is 0 Å². The zero-order chi connectivity index (χ0) is 13.2. The van der Waals surface area contributed by atoms with Gasteiger partial charge >= 0.3 is 0 Å². The van der Waals surface area contributed by atoms with Crippen molar-refractivity contribution in [2.75, 3.05) is 0 Å². The average Bonchev–Trinajstić information content (AvgIpc) is 2.35. The van der Waals surface area contributed by atoms with Crippen LogP contribution in [0.4, 0.5) is 8.78 Å². The van der Waals surface area contributed by atoms with E-state index >= 15 is 0 Å². The molecule has 0 amide bonds. The van der Waals surface area contributed by atoms with Crippen LogP contribution in [0.1, 0.15) is 5.56 Å². The number of hydrogen-bond acceptors (Lipinski definition) is 1. The molecule has 0 bridgehead atoms. The molecule has 0 aliphatic heterocycles. The van der Waals surface area contributed by atoms with Gasteiger partial charge in [-0.2, -0.15) is 0 Å². The Kier molecular flexibility index (Phi) is 3.60. The highest BCUT2D eigenvalue weighted by molar-refractivity contribution is 7.68. The van der Waals surface area contributed by atoms with Gasteiger partial charge < -0.3 is 4.57 Å². The molecule has 0 fully saturated rings. The summed E-state index contributed by atoms with van der Waals surface area (Å²) in [7, 11) is -3.30. The van der Waals surface area contributed by atoms with Crippen LogP contribution < -0.4 is 10.8 Å². The number of hydrogen-bond donors (Lipinski definition) is 1. The zero-order valence-corrected chi connectivity index (χ0v) is 10.4. The second-order valence-corrected chi connectivity index (χ2v) is 6.41. The summed E-state index contributed by atoms with van der Waals surface area (Å²) in [5.74, 6) is -1.45. The van der Waals surface area contributed by atoms with Gasteiger partial charge in [-0.15, -0.1) is 0 Å². The van der Waals surface area contributed by atoms with Gasteiger partial charge in [0, 0.05) is 17.0 Å². The van der Waals surface area contributed by atoms with Crippen molar-refractivity contribution in [3.05, 3.63) is 65.7 Å². The Morgan fingerprint density at radius 1 is 0.944 bits per heavy atom. The minimum atomic E-state index is -3.30. The normalized spacial score (nSPS) is 14.2. The summed E-state index contributed by atoms with van der Waals surface area (Å²) in [6.45, 7) is 0. The molecule has 0 radical (unpaired) electrons. The maximum atomic E-state index is 13.5. The van der Waals surface area contributed by atoms with Crippen LogP contribution in [-0.4, -0.2) is 0 Å². The largest absolute Gasteiger partial charge is 0.302 e. The molecule has 0 aliphatic rings. The van der Waals surface area contributed by atoms with Crippen molar-refractivity contribution in [2.24, 2.45) is 5.50 Å². The van der Waals surface area contributed by atoms with E-state index in [0.717, 1.165) is 12.1 Å². The lowest BCUT2D eigenvalue weighted by molar-refractivity contribution is 0.555. The molecule has 2 nitrogen and oxygen atoms in total. The summed E-state index contributed by atoms with van der Waals surface area (Å²) in [4.78, 5) is 0. The van der Waals surface area contributed by atoms with E-state index in [4.69, 9.17) is 5.50 Å². The van der Waals surface area contributed by atoms with Crippen LogP contribution >= 0.6 is 7.29 Å². The Bertz CT molecular complexity index is 581. The van der Waals surface area contributed by atoms with Crippen molar-refractivity contribution < 1.29 is 13.3 Å². The third-order valence-corrected chi connectivity index (χ3v) is 4.61. The van der Waals surface area contributed by atoms with E-state index in [1.165, 1.54) is 6.07 Å². The number of benzene rings is 2. The molecule has 0 saturated carbocycles. The molecule has 0 spiro atoms. The van der Waals surface area contributed by atoms with E-state index < -0.39 is 18.9 Å². The molecule has 0 aliphatic carbocycles. The number of rotatable bonds is 3. The molecule has 5 heteroatoms. The van der Waals surface area contributed by atoms with Crippen molar-refractivity contribution in [1.82, 2.24) is 0 Å². The zero-order valence-electron chi connectivity index (χ0n) is 9.51. The lowest BCUT2D eigenvalue weighted by atomic mass is 10.2. The average molecular weight is 267 g/mol. The Morgan fingerprint density at radius 3 is 2.06 bits per heavy atom. The van der Waals surface area contributed by atoms with Gasteiger partial charge in [0.1, 0.15) is 11.6 Å². The Balaban J connectivity index is 2.37. The van der Waals surface area contributed by atoms with Gasteiger partial charge in [-0.25, -0.2) is 8.78 Å². The van der Waals surface area contributed by atoms with Gasteiger partial charge in [-0.3, -0.25) is 5.50 Å². The van der Waals surface area contributed by atoms with Crippen molar-refractivity contribution in [1.29, 1.82) is 0 Å². The summed E-state index contributed by atoms with van der Waals surface area (Å²) in [5.41, 5.74) is 5.50. The van der Waals surface area contributed by atoms with Gasteiger partial charge in [0.25, 0.3) is 0 Å². The van der Waals surface area contributed by atoms with Crippen LogP contribution in [0.25, 0.3) is 0 Å². The fourth-order valence-electron chi connectivity index (χ4n) is 1.69. The standard InChI is InChI=1S/C13H12F2NOP/c14-12-7-4-8-13(15)11(12)9-18(16,17)10-5-2-1-3-6-10/h1-8H,9H2,(H2,16,17). The van der Waals surface area contributed by atoms with E-state index in [2.05, 4.69) is 0 Å². The molecule has 18 heavy (non-hydrogen) atoms. The highest BCUT2D eigenvalue weighted by Gasteiger charge is 2.23.